The summed E-state index contributed by atoms with van der Waals surface area (Å²) in [5.74, 6) is -10.4. The second kappa shape index (κ2) is 10.1. The van der Waals surface area contributed by atoms with Crippen molar-refractivity contribution in [3.05, 3.63) is 27.8 Å². The molecular formula is C28H36ClN3O7. The fraction of sp³-hybridized carbons (Fsp3) is 0.607. The lowest BCUT2D eigenvalue weighted by Crippen LogP contribution is -2.74. The van der Waals surface area contributed by atoms with E-state index >= 15 is 0 Å². The number of fused-ring (bicyclic) bond motifs is 3. The predicted molar refractivity (Wildman–Crippen MR) is 142 cm³/mol. The molecule has 2 unspecified atom stereocenters. The summed E-state index contributed by atoms with van der Waals surface area (Å²) >= 11 is 6.81. The largest absolute Gasteiger partial charge is 0.507 e. The molecule has 4 rings (SSSR count). The molecule has 0 radical (unpaired) electrons. The number of aromatic hydroxyl groups is 1. The maximum absolute atomic E-state index is 13.8. The van der Waals surface area contributed by atoms with Crippen LogP contribution in [0.1, 0.15) is 48.7 Å². The van der Waals surface area contributed by atoms with Crippen molar-refractivity contribution in [1.82, 2.24) is 9.80 Å². The van der Waals surface area contributed by atoms with Gasteiger partial charge in [-0.05, 0) is 69.9 Å². The Hall–Kier alpha value is -2.66. The predicted octanol–water partition coefficient (Wildman–Crippen LogP) is 0.997. The molecule has 2 saturated carbocycles. The average molecular weight is 562 g/mol. The number of ketones is 4. The van der Waals surface area contributed by atoms with Crippen LogP contribution in [0.15, 0.2) is 6.07 Å². The van der Waals surface area contributed by atoms with Gasteiger partial charge in [-0.15, -0.1) is 0 Å². The highest BCUT2D eigenvalue weighted by atomic mass is 35.5. The van der Waals surface area contributed by atoms with Gasteiger partial charge in [-0.1, -0.05) is 25.4 Å². The van der Waals surface area contributed by atoms with Gasteiger partial charge in [-0.2, -0.15) is 0 Å². The van der Waals surface area contributed by atoms with E-state index in [2.05, 4.69) is 25.7 Å². The zero-order valence-corrected chi connectivity index (χ0v) is 23.8. The van der Waals surface area contributed by atoms with Crippen LogP contribution < -0.4 is 5.73 Å². The molecule has 4 N–H and O–H groups in total. The summed E-state index contributed by atoms with van der Waals surface area (Å²) in [7, 11) is 5.03. The van der Waals surface area contributed by atoms with Crippen molar-refractivity contribution in [3.8, 4) is 5.75 Å². The number of nitrogens with two attached hydrogens (primary N) is 1. The van der Waals surface area contributed by atoms with Crippen LogP contribution in [0.25, 0.3) is 0 Å². The number of Topliss-reactive ketones (excluding diaryl/α,β-unsaturated/α-hetero) is 4. The molecule has 10 nitrogen and oxygen atoms in total. The molecule has 1 amide bonds. The number of benzene rings is 1. The zero-order chi connectivity index (χ0) is 29.3. The van der Waals surface area contributed by atoms with E-state index < -0.39 is 64.4 Å². The highest BCUT2D eigenvalue weighted by molar-refractivity contribution is 6.34. The number of aliphatic hydroxyl groups is 1. The molecule has 3 aliphatic rings. The molecule has 0 heterocycles. The third-order valence-electron chi connectivity index (χ3n) is 9.15. The minimum absolute atomic E-state index is 0.0184. The lowest BCUT2D eigenvalue weighted by Gasteiger charge is -2.52. The van der Waals surface area contributed by atoms with Crippen molar-refractivity contribution >= 4 is 40.6 Å². The Morgan fingerprint density at radius 2 is 1.77 bits per heavy atom. The van der Waals surface area contributed by atoms with E-state index in [0.717, 1.165) is 0 Å². The van der Waals surface area contributed by atoms with Gasteiger partial charge < -0.3 is 15.9 Å². The normalized spacial score (nSPS) is 31.4. The number of primary amides is 1. The van der Waals surface area contributed by atoms with Gasteiger partial charge in [0.2, 0.25) is 5.91 Å². The lowest BCUT2D eigenvalue weighted by molar-refractivity contribution is -0.181. The van der Waals surface area contributed by atoms with Gasteiger partial charge in [0.1, 0.15) is 5.75 Å². The first-order valence-corrected chi connectivity index (χ1v) is 13.5. The molecule has 0 aromatic heterocycles. The van der Waals surface area contributed by atoms with E-state index in [9.17, 15) is 34.2 Å². The minimum atomic E-state index is -2.74. The van der Waals surface area contributed by atoms with Crippen LogP contribution in [0.2, 0.25) is 5.02 Å². The topological polar surface area (TPSA) is 158 Å². The second-order valence-electron chi connectivity index (χ2n) is 11.9. The van der Waals surface area contributed by atoms with Crippen molar-refractivity contribution in [2.24, 2.45) is 35.3 Å². The van der Waals surface area contributed by atoms with Crippen LogP contribution in [0, 0.1) is 29.6 Å². The number of carbonyl (C=O) groups excluding carboxylic acids is 5. The molecule has 7 atom stereocenters. The molecule has 11 heteroatoms. The Balaban J connectivity index is 1.79. The van der Waals surface area contributed by atoms with E-state index in [4.69, 9.17) is 17.3 Å². The molecule has 212 valence electrons. The maximum Gasteiger partial charge on any atom is 0.235 e. The highest BCUT2D eigenvalue weighted by Crippen LogP contribution is 2.51. The first kappa shape index (κ1) is 29.3. The minimum Gasteiger partial charge on any atom is -0.507 e. The molecule has 0 saturated heterocycles. The number of hydrogen-bond donors (Lipinski definition) is 3. The van der Waals surface area contributed by atoms with Crippen molar-refractivity contribution < 1.29 is 34.2 Å². The first-order chi connectivity index (χ1) is 18.0. The summed E-state index contributed by atoms with van der Waals surface area (Å²) in [6.07, 6.45) is 0.116. The summed E-state index contributed by atoms with van der Waals surface area (Å²) in [5, 5.41) is 22.9. The molecule has 2 fully saturated rings. The van der Waals surface area contributed by atoms with E-state index in [0.29, 0.717) is 28.6 Å². The number of nitrogens with zero attached hydrogens (tertiary/aromatic N) is 2. The summed E-state index contributed by atoms with van der Waals surface area (Å²) in [5.41, 5.74) is 3.53. The van der Waals surface area contributed by atoms with Crippen molar-refractivity contribution in [1.29, 1.82) is 0 Å². The summed E-state index contributed by atoms with van der Waals surface area (Å²) in [6.45, 7) is 6.69. The number of rotatable bonds is 6. The summed E-state index contributed by atoms with van der Waals surface area (Å²) in [6, 6.07) is 0.490. The van der Waals surface area contributed by atoms with Gasteiger partial charge in [0.15, 0.2) is 34.7 Å². The standard InChI is InChI=1S/C28H36ClN3O7/c1-11(2)12(3)32(6)10-14-9-17(33)19-15(21(14)29)7-13-8-16-22(31(4)5)24(35)20(27(30)38)26(37)28(16,39)25(36)18(13)23(19)34/h9,11-13,16,18,20,22,33,39H,7-8,10H2,1-6H3,(H2,30,38)/t12-,13-,16-,18?,20?,22-,28-/m0/s1. The van der Waals surface area contributed by atoms with Crippen molar-refractivity contribution in [2.45, 2.75) is 57.8 Å². The maximum atomic E-state index is 13.8. The molecule has 1 aromatic carbocycles. The molecule has 0 spiro atoms. The van der Waals surface area contributed by atoms with Gasteiger partial charge >= 0.3 is 0 Å². The quantitative estimate of drug-likeness (QED) is 0.431. The van der Waals surface area contributed by atoms with Gasteiger partial charge in [-0.25, -0.2) is 0 Å². The van der Waals surface area contributed by atoms with Gasteiger partial charge in [0.05, 0.1) is 17.5 Å². The first-order valence-electron chi connectivity index (χ1n) is 13.1. The molecule has 1 aromatic rings. The third kappa shape index (κ3) is 4.32. The Morgan fingerprint density at radius 1 is 1.15 bits per heavy atom. The van der Waals surface area contributed by atoms with Gasteiger partial charge in [0.25, 0.3) is 0 Å². The zero-order valence-electron chi connectivity index (χ0n) is 23.0. The summed E-state index contributed by atoms with van der Waals surface area (Å²) in [4.78, 5) is 69.7. The fourth-order valence-electron chi connectivity index (χ4n) is 6.74. The Labute approximate surface area is 232 Å². The Bertz CT molecular complexity index is 1280. The van der Waals surface area contributed by atoms with E-state index in [-0.39, 0.29) is 30.2 Å². The monoisotopic (exact) mass is 561 g/mol. The molecular weight excluding hydrogens is 526 g/mol. The van der Waals surface area contributed by atoms with E-state index in [1.54, 1.807) is 14.1 Å². The SMILES string of the molecule is CC(C)[C@H](C)N(C)Cc1cc(O)c2c(c1Cl)C[C@H]1C[C@H]3[C@H](N(C)C)C(=O)C(C(N)=O)C(=O)[C@@]3(O)C(=O)C1C2=O. The number of halogens is 1. The van der Waals surface area contributed by atoms with Crippen LogP contribution in [0.5, 0.6) is 5.75 Å². The smallest absolute Gasteiger partial charge is 0.235 e. The molecule has 39 heavy (non-hydrogen) atoms. The van der Waals surface area contributed by atoms with Crippen LogP contribution in [-0.4, -0.2) is 87.9 Å². The van der Waals surface area contributed by atoms with Gasteiger partial charge in [-0.3, -0.25) is 33.8 Å². The fourth-order valence-corrected chi connectivity index (χ4v) is 7.03. The van der Waals surface area contributed by atoms with Crippen LogP contribution in [0.3, 0.4) is 0 Å². The van der Waals surface area contributed by atoms with Crippen LogP contribution in [0.4, 0.5) is 0 Å². The second-order valence-corrected chi connectivity index (χ2v) is 12.3. The van der Waals surface area contributed by atoms with Crippen molar-refractivity contribution in [2.75, 3.05) is 21.1 Å². The number of hydrogen-bond acceptors (Lipinski definition) is 9. The molecule has 0 aliphatic heterocycles. The summed E-state index contributed by atoms with van der Waals surface area (Å²) < 4.78 is 0. The third-order valence-corrected chi connectivity index (χ3v) is 9.62. The van der Waals surface area contributed by atoms with E-state index in [1.165, 1.54) is 11.0 Å². The number of amides is 1. The van der Waals surface area contributed by atoms with Gasteiger partial charge in [0, 0.05) is 23.5 Å². The number of carbonyl (C=O) groups is 5. The molecule has 0 bridgehead atoms. The molecule has 3 aliphatic carbocycles. The van der Waals surface area contributed by atoms with Crippen LogP contribution in [-0.2, 0) is 32.1 Å². The lowest BCUT2D eigenvalue weighted by atomic mass is 9.52. The number of likely N-dealkylation sites (N-methyl/N-ethyl adjacent to an activating group) is 1. The van der Waals surface area contributed by atoms with Crippen molar-refractivity contribution in [3.63, 3.8) is 0 Å². The Morgan fingerprint density at radius 3 is 2.31 bits per heavy atom. The average Bonchev–Trinajstić information content (AvgIpc) is 2.83. The van der Waals surface area contributed by atoms with E-state index in [1.807, 2.05) is 7.05 Å². The number of phenolic OH excluding ortho intramolecular Hbond substituents is 1. The number of phenols is 1. The van der Waals surface area contributed by atoms with Crippen LogP contribution >= 0.6 is 11.6 Å². The highest BCUT2D eigenvalue weighted by Gasteiger charge is 2.69. The Kier molecular flexibility index (Phi) is 7.57.